The standard InChI is InChI=1S/C24H31O5P/c1-15-11-17(3)23(18(4)12-15)21(25)7-9-28-30(27)29-10-8-22(26)24-19(5)13-16(2)14-20(24)6/h11-14,30H,7-10H2,1-6H3. The number of ketones is 2. The Morgan fingerprint density at radius 1 is 0.667 bits per heavy atom. The van der Waals surface area contributed by atoms with E-state index in [0.717, 1.165) is 33.4 Å². The number of Topliss-reactive ketones (excluding diaryl/α,β-unsaturated/α-hetero) is 2. The zero-order valence-corrected chi connectivity index (χ0v) is 19.7. The van der Waals surface area contributed by atoms with Crippen LogP contribution >= 0.6 is 8.25 Å². The quantitative estimate of drug-likeness (QED) is 0.352. The molecule has 0 aliphatic heterocycles. The summed E-state index contributed by atoms with van der Waals surface area (Å²) in [6, 6.07) is 7.89. The molecule has 0 saturated heterocycles. The number of carbonyl (C=O) groups excluding carboxylic acids is 2. The first-order valence-corrected chi connectivity index (χ1v) is 11.3. The van der Waals surface area contributed by atoms with Crippen molar-refractivity contribution in [3.63, 3.8) is 0 Å². The highest BCUT2D eigenvalue weighted by Crippen LogP contribution is 2.26. The molecule has 0 unspecified atom stereocenters. The first kappa shape index (κ1) is 24.2. The van der Waals surface area contributed by atoms with Gasteiger partial charge in [0.2, 0.25) is 0 Å². The first-order valence-electron chi connectivity index (χ1n) is 10.1. The van der Waals surface area contributed by atoms with Gasteiger partial charge in [0.1, 0.15) is 0 Å². The molecule has 0 aliphatic carbocycles. The van der Waals surface area contributed by atoms with E-state index in [-0.39, 0.29) is 37.6 Å². The number of hydrogen-bond acceptors (Lipinski definition) is 5. The van der Waals surface area contributed by atoms with Gasteiger partial charge in [0.15, 0.2) is 11.6 Å². The summed E-state index contributed by atoms with van der Waals surface area (Å²) in [4.78, 5) is 24.9. The molecule has 0 aromatic heterocycles. The van der Waals surface area contributed by atoms with Crippen LogP contribution in [0.1, 0.15) is 66.9 Å². The third kappa shape index (κ3) is 6.46. The van der Waals surface area contributed by atoms with E-state index in [0.29, 0.717) is 11.1 Å². The van der Waals surface area contributed by atoms with Crippen LogP contribution in [0.2, 0.25) is 0 Å². The fraction of sp³-hybridized carbons (Fsp3) is 0.417. The summed E-state index contributed by atoms with van der Waals surface area (Å²) in [7, 11) is -2.75. The molecule has 0 fully saturated rings. The Balaban J connectivity index is 1.78. The third-order valence-electron chi connectivity index (χ3n) is 5.01. The highest BCUT2D eigenvalue weighted by molar-refractivity contribution is 7.33. The molecule has 30 heavy (non-hydrogen) atoms. The lowest BCUT2D eigenvalue weighted by molar-refractivity contribution is 0.0953. The summed E-state index contributed by atoms with van der Waals surface area (Å²) in [5.74, 6) is -0.0828. The topological polar surface area (TPSA) is 69.7 Å². The fourth-order valence-corrected chi connectivity index (χ4v) is 4.61. The van der Waals surface area contributed by atoms with Crippen LogP contribution in [-0.4, -0.2) is 24.8 Å². The average molecular weight is 430 g/mol. The van der Waals surface area contributed by atoms with Crippen LogP contribution in [0.15, 0.2) is 24.3 Å². The SMILES string of the molecule is Cc1cc(C)c(C(=O)CCO[PH](=O)OCCC(=O)c2c(C)cc(C)cc2C)c(C)c1. The van der Waals surface area contributed by atoms with E-state index in [1.165, 1.54) is 0 Å². The fourth-order valence-electron chi connectivity index (χ4n) is 3.99. The molecule has 5 nitrogen and oxygen atoms in total. The van der Waals surface area contributed by atoms with Gasteiger partial charge in [-0.15, -0.1) is 0 Å². The monoisotopic (exact) mass is 430 g/mol. The highest BCUT2D eigenvalue weighted by Gasteiger charge is 2.15. The van der Waals surface area contributed by atoms with Gasteiger partial charge in [-0.1, -0.05) is 35.4 Å². The lowest BCUT2D eigenvalue weighted by Crippen LogP contribution is -2.09. The molecule has 0 N–H and O–H groups in total. The van der Waals surface area contributed by atoms with Gasteiger partial charge in [-0.05, 0) is 63.8 Å². The largest absolute Gasteiger partial charge is 0.319 e. The molecule has 0 atom stereocenters. The van der Waals surface area contributed by atoms with Crippen molar-refractivity contribution in [2.75, 3.05) is 13.2 Å². The molecule has 0 radical (unpaired) electrons. The Morgan fingerprint density at radius 2 is 0.967 bits per heavy atom. The molecule has 0 amide bonds. The Bertz CT molecular complexity index is 854. The van der Waals surface area contributed by atoms with E-state index in [1.54, 1.807) is 0 Å². The maximum Gasteiger partial charge on any atom is 0.319 e. The van der Waals surface area contributed by atoms with Crippen molar-refractivity contribution in [2.45, 2.75) is 54.4 Å². The smallest absolute Gasteiger partial charge is 0.310 e. The Labute approximate surface area is 179 Å². The van der Waals surface area contributed by atoms with Gasteiger partial charge < -0.3 is 9.05 Å². The highest BCUT2D eigenvalue weighted by atomic mass is 31.1. The molecule has 0 aliphatic rings. The molecule has 2 rings (SSSR count). The first-order chi connectivity index (χ1) is 14.1. The lowest BCUT2D eigenvalue weighted by atomic mass is 9.95. The van der Waals surface area contributed by atoms with Crippen molar-refractivity contribution < 1.29 is 23.2 Å². The Kier molecular flexibility index (Phi) is 8.72. The van der Waals surface area contributed by atoms with Crippen LogP contribution in [0.25, 0.3) is 0 Å². The van der Waals surface area contributed by atoms with E-state index >= 15 is 0 Å². The van der Waals surface area contributed by atoms with Crippen molar-refractivity contribution in [1.29, 1.82) is 0 Å². The molecule has 0 saturated carbocycles. The Hall–Kier alpha value is -2.07. The molecular formula is C24H31O5P. The van der Waals surface area contributed by atoms with Crippen molar-refractivity contribution >= 4 is 19.8 Å². The number of hydrogen-bond donors (Lipinski definition) is 0. The summed E-state index contributed by atoms with van der Waals surface area (Å²) >= 11 is 0. The molecule has 6 heteroatoms. The van der Waals surface area contributed by atoms with Crippen molar-refractivity contribution in [1.82, 2.24) is 0 Å². The third-order valence-corrected chi connectivity index (χ3v) is 5.89. The zero-order valence-electron chi connectivity index (χ0n) is 18.7. The Morgan fingerprint density at radius 3 is 1.27 bits per heavy atom. The van der Waals surface area contributed by atoms with Crippen molar-refractivity contribution in [3.05, 3.63) is 68.8 Å². The molecule has 0 bridgehead atoms. The van der Waals surface area contributed by atoms with Crippen LogP contribution < -0.4 is 0 Å². The molecule has 0 heterocycles. The summed E-state index contributed by atoms with van der Waals surface area (Å²) in [6.45, 7) is 11.7. The minimum absolute atomic E-state index is 0.0213. The van der Waals surface area contributed by atoms with Crippen molar-refractivity contribution in [3.8, 4) is 0 Å². The van der Waals surface area contributed by atoms with E-state index in [4.69, 9.17) is 9.05 Å². The molecule has 162 valence electrons. The van der Waals surface area contributed by atoms with Gasteiger partial charge in [0.05, 0.1) is 13.2 Å². The second kappa shape index (κ2) is 10.8. The minimum Gasteiger partial charge on any atom is -0.310 e. The second-order valence-electron chi connectivity index (χ2n) is 7.84. The van der Waals surface area contributed by atoms with Crippen LogP contribution in [0.3, 0.4) is 0 Å². The number of rotatable bonds is 10. The predicted molar refractivity (Wildman–Crippen MR) is 120 cm³/mol. The van der Waals surface area contributed by atoms with Gasteiger partial charge in [0.25, 0.3) is 0 Å². The van der Waals surface area contributed by atoms with Gasteiger partial charge in [-0.25, -0.2) is 0 Å². The van der Waals surface area contributed by atoms with Crippen LogP contribution in [0.5, 0.6) is 0 Å². The van der Waals surface area contributed by atoms with E-state index in [1.807, 2.05) is 65.8 Å². The molecule has 0 spiro atoms. The number of aryl methyl sites for hydroxylation is 6. The van der Waals surface area contributed by atoms with Gasteiger partial charge in [-0.2, -0.15) is 0 Å². The molecular weight excluding hydrogens is 399 g/mol. The van der Waals surface area contributed by atoms with Gasteiger partial charge in [-0.3, -0.25) is 14.2 Å². The van der Waals surface area contributed by atoms with E-state index < -0.39 is 8.25 Å². The average Bonchev–Trinajstić information content (AvgIpc) is 2.59. The summed E-state index contributed by atoms with van der Waals surface area (Å²) in [5.41, 5.74) is 7.34. The zero-order chi connectivity index (χ0) is 22.4. The predicted octanol–water partition coefficient (Wildman–Crippen LogP) is 5.81. The normalized spacial score (nSPS) is 11.2. The maximum absolute atomic E-state index is 12.5. The molecule has 2 aromatic carbocycles. The van der Waals surface area contributed by atoms with E-state index in [9.17, 15) is 14.2 Å². The maximum atomic E-state index is 12.5. The summed E-state index contributed by atoms with van der Waals surface area (Å²) in [6.07, 6.45) is 0.260. The minimum atomic E-state index is -2.75. The summed E-state index contributed by atoms with van der Waals surface area (Å²) in [5, 5.41) is 0. The van der Waals surface area contributed by atoms with Gasteiger partial charge >= 0.3 is 8.25 Å². The molecule has 2 aromatic rings. The van der Waals surface area contributed by atoms with Gasteiger partial charge in [0, 0.05) is 24.0 Å². The summed E-state index contributed by atoms with van der Waals surface area (Å²) < 4.78 is 22.3. The number of carbonyl (C=O) groups is 2. The number of benzene rings is 2. The van der Waals surface area contributed by atoms with Crippen LogP contribution in [0, 0.1) is 41.5 Å². The van der Waals surface area contributed by atoms with Crippen LogP contribution in [-0.2, 0) is 13.6 Å². The van der Waals surface area contributed by atoms with Crippen molar-refractivity contribution in [2.24, 2.45) is 0 Å². The van der Waals surface area contributed by atoms with Crippen LogP contribution in [0.4, 0.5) is 0 Å². The second-order valence-corrected chi connectivity index (χ2v) is 8.92. The van der Waals surface area contributed by atoms with E-state index in [2.05, 4.69) is 0 Å². The lowest BCUT2D eigenvalue weighted by Gasteiger charge is -2.11.